The Balaban J connectivity index is 2.14. The molecule has 9 heteroatoms. The Kier molecular flexibility index (Phi) is 6.59. The second-order valence-corrected chi connectivity index (χ2v) is 9.59. The minimum atomic E-state index is -3.74. The molecule has 0 spiro atoms. The van der Waals surface area contributed by atoms with Crippen LogP contribution in [0.15, 0.2) is 16.3 Å². The molecule has 2 N–H and O–H groups in total. The summed E-state index contributed by atoms with van der Waals surface area (Å²) in [6.07, 6.45) is 2.81. The fourth-order valence-corrected chi connectivity index (χ4v) is 5.96. The fourth-order valence-electron chi connectivity index (χ4n) is 2.89. The zero-order valence-electron chi connectivity index (χ0n) is 14.4. The molecule has 2 atom stereocenters. The van der Waals surface area contributed by atoms with E-state index in [9.17, 15) is 23.1 Å². The Bertz CT molecular complexity index is 729. The number of aliphatic carboxylic acids is 1. The van der Waals surface area contributed by atoms with Gasteiger partial charge in [0.2, 0.25) is 5.91 Å². The largest absolute Gasteiger partial charge is 0.480 e. The summed E-state index contributed by atoms with van der Waals surface area (Å²) in [5.41, 5.74) is 0. The molecule has 25 heavy (non-hydrogen) atoms. The number of carboxylic acids is 1. The molecule has 1 fully saturated rings. The van der Waals surface area contributed by atoms with Crippen LogP contribution >= 0.6 is 11.3 Å². The van der Waals surface area contributed by atoms with Gasteiger partial charge < -0.3 is 10.4 Å². The Labute approximate surface area is 152 Å². The van der Waals surface area contributed by atoms with Crippen LogP contribution in [0.5, 0.6) is 0 Å². The first-order valence-electron chi connectivity index (χ1n) is 8.38. The number of thiophene rings is 1. The normalized spacial score (nSPS) is 19.7. The molecule has 1 aliphatic rings. The second kappa shape index (κ2) is 8.29. The Morgan fingerprint density at radius 3 is 2.72 bits per heavy atom. The molecule has 1 amide bonds. The second-order valence-electron chi connectivity index (χ2n) is 6.18. The van der Waals surface area contributed by atoms with E-state index in [2.05, 4.69) is 5.32 Å². The van der Waals surface area contributed by atoms with Crippen LogP contribution in [0.4, 0.5) is 0 Å². The Hall–Kier alpha value is -1.45. The third-order valence-corrected chi connectivity index (χ3v) is 7.62. The monoisotopic (exact) mass is 388 g/mol. The van der Waals surface area contributed by atoms with Crippen LogP contribution in [-0.4, -0.2) is 48.3 Å². The number of amides is 1. The van der Waals surface area contributed by atoms with Crippen molar-refractivity contribution in [2.75, 3.05) is 6.54 Å². The fraction of sp³-hybridized carbons (Fsp3) is 0.625. The molecule has 0 saturated carbocycles. The number of carbonyl (C=O) groups is 2. The van der Waals surface area contributed by atoms with Crippen LogP contribution in [0.2, 0.25) is 0 Å². The molecular formula is C16H24N2O5S2. The highest BCUT2D eigenvalue weighted by atomic mass is 32.2. The van der Waals surface area contributed by atoms with Crippen LogP contribution in [0.1, 0.15) is 43.9 Å². The highest BCUT2D eigenvalue weighted by Crippen LogP contribution is 2.30. The first kappa shape index (κ1) is 19.9. The number of carbonyl (C=O) groups excluding carboxylic acids is 1. The lowest BCUT2D eigenvalue weighted by molar-refractivity contribution is -0.142. The third-order valence-electron chi connectivity index (χ3n) is 4.25. The predicted molar refractivity (Wildman–Crippen MR) is 95.1 cm³/mol. The van der Waals surface area contributed by atoms with Crippen molar-refractivity contribution in [1.82, 2.24) is 9.62 Å². The van der Waals surface area contributed by atoms with Gasteiger partial charge >= 0.3 is 5.97 Å². The number of hydrogen-bond donors (Lipinski definition) is 2. The van der Waals surface area contributed by atoms with Gasteiger partial charge in [0, 0.05) is 11.4 Å². The molecule has 0 bridgehead atoms. The molecule has 0 radical (unpaired) electrons. The van der Waals surface area contributed by atoms with Crippen molar-refractivity contribution in [1.29, 1.82) is 0 Å². The molecular weight excluding hydrogens is 364 g/mol. The molecule has 7 nitrogen and oxygen atoms in total. The van der Waals surface area contributed by atoms with Gasteiger partial charge in [-0.1, -0.05) is 19.8 Å². The van der Waals surface area contributed by atoms with Gasteiger partial charge in [0.15, 0.2) is 0 Å². The van der Waals surface area contributed by atoms with Crippen molar-refractivity contribution in [2.24, 2.45) is 0 Å². The van der Waals surface area contributed by atoms with Gasteiger partial charge in [-0.05, 0) is 38.3 Å². The van der Waals surface area contributed by atoms with Gasteiger partial charge in [-0.25, -0.2) is 13.2 Å². The number of sulfonamides is 1. The maximum atomic E-state index is 12.8. The summed E-state index contributed by atoms with van der Waals surface area (Å²) in [5.74, 6) is -1.62. The zero-order chi connectivity index (χ0) is 18.6. The maximum Gasteiger partial charge on any atom is 0.326 e. The molecule has 2 heterocycles. The van der Waals surface area contributed by atoms with Crippen molar-refractivity contribution in [3.63, 3.8) is 0 Å². The van der Waals surface area contributed by atoms with Crippen LogP contribution < -0.4 is 5.32 Å². The molecule has 140 valence electrons. The maximum absolute atomic E-state index is 12.8. The molecule has 1 aromatic rings. The van der Waals surface area contributed by atoms with Gasteiger partial charge in [-0.15, -0.1) is 11.3 Å². The Morgan fingerprint density at radius 2 is 2.16 bits per heavy atom. The van der Waals surface area contributed by atoms with Crippen LogP contribution in [0, 0.1) is 6.92 Å². The molecule has 0 aliphatic carbocycles. The van der Waals surface area contributed by atoms with E-state index < -0.39 is 34.0 Å². The van der Waals surface area contributed by atoms with E-state index in [1.165, 1.54) is 15.6 Å². The van der Waals surface area contributed by atoms with Gasteiger partial charge in [-0.2, -0.15) is 4.31 Å². The molecule has 1 aromatic heterocycles. The number of rotatable bonds is 8. The highest BCUT2D eigenvalue weighted by Gasteiger charge is 2.40. The van der Waals surface area contributed by atoms with Gasteiger partial charge in [0.1, 0.15) is 16.3 Å². The standard InChI is InChI=1S/C16H24N2O5S2/c1-3-4-6-12(16(20)21)17-15(19)13-7-5-10-18(13)25(22,23)14-9-8-11(2)24-14/h8-9,12-13H,3-7,10H2,1-2H3,(H,17,19)(H,20,21)/t12-,13?/m0/s1. The molecule has 1 saturated heterocycles. The van der Waals surface area contributed by atoms with Crippen LogP contribution in [-0.2, 0) is 19.6 Å². The van der Waals surface area contributed by atoms with Crippen LogP contribution in [0.25, 0.3) is 0 Å². The average Bonchev–Trinajstić information content (AvgIpc) is 3.20. The van der Waals surface area contributed by atoms with Crippen molar-refractivity contribution in [3.05, 3.63) is 17.0 Å². The lowest BCUT2D eigenvalue weighted by Crippen LogP contribution is -2.50. The summed E-state index contributed by atoms with van der Waals surface area (Å²) in [6.45, 7) is 4.03. The smallest absolute Gasteiger partial charge is 0.326 e. The highest BCUT2D eigenvalue weighted by molar-refractivity contribution is 7.91. The van der Waals surface area contributed by atoms with Gasteiger partial charge in [0.05, 0.1) is 0 Å². The number of aryl methyl sites for hydroxylation is 1. The summed E-state index contributed by atoms with van der Waals surface area (Å²) in [6, 6.07) is 1.44. The summed E-state index contributed by atoms with van der Waals surface area (Å²) in [7, 11) is -3.74. The molecule has 2 rings (SSSR count). The minimum Gasteiger partial charge on any atom is -0.480 e. The minimum absolute atomic E-state index is 0.213. The van der Waals surface area contributed by atoms with Gasteiger partial charge in [0.25, 0.3) is 10.0 Å². The SMILES string of the molecule is CCCC[C@H](NC(=O)C1CCCN1S(=O)(=O)c1ccc(C)s1)C(=O)O. The molecule has 1 aliphatic heterocycles. The topological polar surface area (TPSA) is 104 Å². The van der Waals surface area contributed by atoms with E-state index in [4.69, 9.17) is 0 Å². The predicted octanol–water partition coefficient (Wildman–Crippen LogP) is 1.97. The van der Waals surface area contributed by atoms with E-state index in [-0.39, 0.29) is 10.8 Å². The lowest BCUT2D eigenvalue weighted by atomic mass is 10.1. The summed E-state index contributed by atoms with van der Waals surface area (Å²) in [5, 5.41) is 11.8. The van der Waals surface area contributed by atoms with Crippen molar-refractivity contribution >= 4 is 33.2 Å². The number of carboxylic acid groups (broad SMARTS) is 1. The average molecular weight is 389 g/mol. The van der Waals surface area contributed by atoms with E-state index in [0.717, 1.165) is 11.3 Å². The van der Waals surface area contributed by atoms with E-state index in [1.54, 1.807) is 12.1 Å². The van der Waals surface area contributed by atoms with E-state index in [0.29, 0.717) is 25.7 Å². The summed E-state index contributed by atoms with van der Waals surface area (Å²) >= 11 is 1.17. The first-order valence-corrected chi connectivity index (χ1v) is 10.6. The number of unbranched alkanes of at least 4 members (excludes halogenated alkanes) is 1. The van der Waals surface area contributed by atoms with Crippen molar-refractivity contribution < 1.29 is 23.1 Å². The molecule has 0 aromatic carbocycles. The first-order chi connectivity index (χ1) is 11.8. The van der Waals surface area contributed by atoms with E-state index >= 15 is 0 Å². The van der Waals surface area contributed by atoms with Crippen molar-refractivity contribution in [2.45, 2.75) is 62.2 Å². The lowest BCUT2D eigenvalue weighted by Gasteiger charge is -2.24. The zero-order valence-corrected chi connectivity index (χ0v) is 16.0. The number of nitrogens with one attached hydrogen (secondary N) is 1. The van der Waals surface area contributed by atoms with Gasteiger partial charge in [-0.3, -0.25) is 4.79 Å². The number of hydrogen-bond acceptors (Lipinski definition) is 5. The molecule has 1 unspecified atom stereocenters. The van der Waals surface area contributed by atoms with E-state index in [1.807, 2.05) is 13.8 Å². The quantitative estimate of drug-likeness (QED) is 0.709. The number of nitrogens with zero attached hydrogens (tertiary/aromatic N) is 1. The summed E-state index contributed by atoms with van der Waals surface area (Å²) in [4.78, 5) is 24.7. The van der Waals surface area contributed by atoms with Crippen molar-refractivity contribution in [3.8, 4) is 0 Å². The summed E-state index contributed by atoms with van der Waals surface area (Å²) < 4.78 is 27.0. The Morgan fingerprint density at radius 1 is 1.44 bits per heavy atom. The third kappa shape index (κ3) is 4.59. The van der Waals surface area contributed by atoms with Crippen LogP contribution in [0.3, 0.4) is 0 Å².